The van der Waals surface area contributed by atoms with Gasteiger partial charge >= 0.3 is 0 Å². The van der Waals surface area contributed by atoms with Gasteiger partial charge in [0, 0.05) is 13.2 Å². The van der Waals surface area contributed by atoms with Crippen molar-refractivity contribution < 1.29 is 4.74 Å². The lowest BCUT2D eigenvalue weighted by atomic mass is 9.74. The van der Waals surface area contributed by atoms with E-state index in [1.54, 1.807) is 0 Å². The van der Waals surface area contributed by atoms with E-state index in [-0.39, 0.29) is 0 Å². The van der Waals surface area contributed by atoms with Crippen molar-refractivity contribution in [2.45, 2.75) is 40.0 Å². The van der Waals surface area contributed by atoms with Gasteiger partial charge in [0.15, 0.2) is 0 Å². The van der Waals surface area contributed by atoms with Crippen molar-refractivity contribution in [3.05, 3.63) is 0 Å². The Bertz CT molecular complexity index is 150. The molecule has 2 heteroatoms. The Morgan fingerprint density at radius 1 is 1.43 bits per heavy atom. The van der Waals surface area contributed by atoms with Crippen molar-refractivity contribution in [1.82, 2.24) is 5.32 Å². The van der Waals surface area contributed by atoms with Crippen LogP contribution in [0.15, 0.2) is 0 Å². The van der Waals surface area contributed by atoms with Crippen LogP contribution in [0.3, 0.4) is 0 Å². The SMILES string of the molecule is CCNCCC(C)(C)C1CCCOC1. The van der Waals surface area contributed by atoms with Crippen LogP contribution in [0.4, 0.5) is 0 Å². The van der Waals surface area contributed by atoms with Crippen molar-refractivity contribution in [3.63, 3.8) is 0 Å². The lowest BCUT2D eigenvalue weighted by Crippen LogP contribution is -2.34. The average Bonchev–Trinajstić information content (AvgIpc) is 2.19. The summed E-state index contributed by atoms with van der Waals surface area (Å²) in [4.78, 5) is 0. The molecule has 0 radical (unpaired) electrons. The summed E-state index contributed by atoms with van der Waals surface area (Å²) in [5, 5.41) is 3.40. The molecule has 0 amide bonds. The monoisotopic (exact) mass is 199 g/mol. The highest BCUT2D eigenvalue weighted by Crippen LogP contribution is 2.35. The molecule has 0 bridgehead atoms. The molecule has 1 N–H and O–H groups in total. The average molecular weight is 199 g/mol. The van der Waals surface area contributed by atoms with E-state index in [1.165, 1.54) is 19.3 Å². The van der Waals surface area contributed by atoms with Crippen LogP contribution >= 0.6 is 0 Å². The number of hydrogen-bond donors (Lipinski definition) is 1. The highest BCUT2D eigenvalue weighted by Gasteiger charge is 2.30. The Kier molecular flexibility index (Phi) is 4.90. The molecular weight excluding hydrogens is 174 g/mol. The van der Waals surface area contributed by atoms with Gasteiger partial charge in [0.1, 0.15) is 0 Å². The van der Waals surface area contributed by atoms with Gasteiger partial charge in [-0.05, 0) is 43.7 Å². The van der Waals surface area contributed by atoms with Crippen LogP contribution in [0.2, 0.25) is 0 Å². The van der Waals surface area contributed by atoms with Gasteiger partial charge in [0.2, 0.25) is 0 Å². The zero-order valence-corrected chi connectivity index (χ0v) is 9.94. The Morgan fingerprint density at radius 2 is 2.21 bits per heavy atom. The minimum atomic E-state index is 0.433. The summed E-state index contributed by atoms with van der Waals surface area (Å²) in [5.41, 5.74) is 0.433. The Labute approximate surface area is 88.4 Å². The van der Waals surface area contributed by atoms with Crippen LogP contribution in [0, 0.1) is 11.3 Å². The van der Waals surface area contributed by atoms with Crippen LogP contribution in [0.5, 0.6) is 0 Å². The first-order valence-electron chi connectivity index (χ1n) is 5.95. The van der Waals surface area contributed by atoms with Gasteiger partial charge in [-0.1, -0.05) is 20.8 Å². The predicted octanol–water partition coefficient (Wildman–Crippen LogP) is 2.44. The summed E-state index contributed by atoms with van der Waals surface area (Å²) in [6.07, 6.45) is 3.85. The van der Waals surface area contributed by atoms with Crippen molar-refractivity contribution >= 4 is 0 Å². The molecule has 0 aliphatic carbocycles. The molecule has 1 fully saturated rings. The van der Waals surface area contributed by atoms with Crippen molar-refractivity contribution in [2.24, 2.45) is 11.3 Å². The second-order valence-corrected chi connectivity index (χ2v) is 5.01. The first kappa shape index (κ1) is 12.0. The molecule has 84 valence electrons. The molecule has 1 aliphatic rings. The predicted molar refractivity (Wildman–Crippen MR) is 60.5 cm³/mol. The summed E-state index contributed by atoms with van der Waals surface area (Å²) >= 11 is 0. The topological polar surface area (TPSA) is 21.3 Å². The van der Waals surface area contributed by atoms with Crippen LogP contribution < -0.4 is 5.32 Å². The van der Waals surface area contributed by atoms with Crippen molar-refractivity contribution in [2.75, 3.05) is 26.3 Å². The van der Waals surface area contributed by atoms with Gasteiger partial charge < -0.3 is 10.1 Å². The second-order valence-electron chi connectivity index (χ2n) is 5.01. The molecule has 0 spiro atoms. The third-order valence-electron chi connectivity index (χ3n) is 3.46. The smallest absolute Gasteiger partial charge is 0.0499 e. The van der Waals surface area contributed by atoms with Crippen molar-refractivity contribution in [3.8, 4) is 0 Å². The molecule has 1 heterocycles. The lowest BCUT2D eigenvalue weighted by molar-refractivity contribution is 0.00107. The fourth-order valence-electron chi connectivity index (χ4n) is 2.15. The summed E-state index contributed by atoms with van der Waals surface area (Å²) in [6, 6.07) is 0. The van der Waals surface area contributed by atoms with Gasteiger partial charge in [-0.15, -0.1) is 0 Å². The van der Waals surface area contributed by atoms with Gasteiger partial charge in [0.05, 0.1) is 0 Å². The number of ether oxygens (including phenoxy) is 1. The fraction of sp³-hybridized carbons (Fsp3) is 1.00. The van der Waals surface area contributed by atoms with Gasteiger partial charge in [-0.3, -0.25) is 0 Å². The maximum absolute atomic E-state index is 5.55. The molecule has 0 saturated carbocycles. The molecule has 1 atom stereocenters. The summed E-state index contributed by atoms with van der Waals surface area (Å²) in [5.74, 6) is 0.759. The highest BCUT2D eigenvalue weighted by atomic mass is 16.5. The minimum absolute atomic E-state index is 0.433. The van der Waals surface area contributed by atoms with Crippen LogP contribution in [0.25, 0.3) is 0 Å². The molecule has 0 aromatic rings. The lowest BCUT2D eigenvalue weighted by Gasteiger charge is -2.37. The zero-order valence-electron chi connectivity index (χ0n) is 9.94. The second kappa shape index (κ2) is 5.72. The molecule has 1 unspecified atom stereocenters. The Balaban J connectivity index is 2.29. The standard InChI is InChI=1S/C12H25NO/c1-4-13-8-7-12(2,3)11-6-5-9-14-10-11/h11,13H,4-10H2,1-3H3. The first-order valence-corrected chi connectivity index (χ1v) is 5.95. The van der Waals surface area contributed by atoms with E-state index in [2.05, 4.69) is 26.1 Å². The minimum Gasteiger partial charge on any atom is -0.381 e. The largest absolute Gasteiger partial charge is 0.381 e. The van der Waals surface area contributed by atoms with E-state index in [0.29, 0.717) is 5.41 Å². The molecule has 2 nitrogen and oxygen atoms in total. The van der Waals surface area contributed by atoms with Crippen LogP contribution in [0.1, 0.15) is 40.0 Å². The molecule has 1 rings (SSSR count). The van der Waals surface area contributed by atoms with Crippen molar-refractivity contribution in [1.29, 1.82) is 0 Å². The van der Waals surface area contributed by atoms with E-state index in [0.717, 1.165) is 32.2 Å². The highest BCUT2D eigenvalue weighted by molar-refractivity contribution is 4.80. The maximum Gasteiger partial charge on any atom is 0.0499 e. The third-order valence-corrected chi connectivity index (χ3v) is 3.46. The zero-order chi connectivity index (χ0) is 10.4. The van der Waals surface area contributed by atoms with Crippen LogP contribution in [-0.4, -0.2) is 26.3 Å². The van der Waals surface area contributed by atoms with Gasteiger partial charge in [0.25, 0.3) is 0 Å². The maximum atomic E-state index is 5.55. The van der Waals surface area contributed by atoms with E-state index in [1.807, 2.05) is 0 Å². The van der Waals surface area contributed by atoms with Gasteiger partial charge in [-0.2, -0.15) is 0 Å². The number of nitrogens with one attached hydrogen (secondary N) is 1. The number of rotatable bonds is 5. The van der Waals surface area contributed by atoms with Crippen LogP contribution in [-0.2, 0) is 4.74 Å². The van der Waals surface area contributed by atoms with E-state index >= 15 is 0 Å². The van der Waals surface area contributed by atoms with Gasteiger partial charge in [-0.25, -0.2) is 0 Å². The third kappa shape index (κ3) is 3.58. The van der Waals surface area contributed by atoms with E-state index in [9.17, 15) is 0 Å². The first-order chi connectivity index (χ1) is 6.67. The Morgan fingerprint density at radius 3 is 2.79 bits per heavy atom. The normalized spacial score (nSPS) is 23.8. The molecule has 1 aliphatic heterocycles. The number of hydrogen-bond acceptors (Lipinski definition) is 2. The fourth-order valence-corrected chi connectivity index (χ4v) is 2.15. The molecule has 1 saturated heterocycles. The quantitative estimate of drug-likeness (QED) is 0.687. The molecule has 0 aromatic heterocycles. The summed E-state index contributed by atoms with van der Waals surface area (Å²) < 4.78 is 5.55. The van der Waals surface area contributed by atoms with E-state index < -0.39 is 0 Å². The molecule has 0 aromatic carbocycles. The molecular formula is C12H25NO. The summed E-state index contributed by atoms with van der Waals surface area (Å²) in [7, 11) is 0. The summed E-state index contributed by atoms with van der Waals surface area (Å²) in [6.45, 7) is 11.1. The molecule has 14 heavy (non-hydrogen) atoms. The Hall–Kier alpha value is -0.0800. The van der Waals surface area contributed by atoms with E-state index in [4.69, 9.17) is 4.74 Å².